The standard InChI is InChI=1S/C81H146O17P2/c1-5-9-13-17-21-25-29-33-35-36-37-38-40-43-46-50-54-58-62-66-79(84)92-72-77(98-81(86)68-64-60-56-52-48-44-39-34-30-26-22-18-14-10-6-2)74-96-100(89,90)94-70-75(82)69-93-99(87,88)95-73-76(97-80(85)67-63-59-55-51-47-42-32-28-24-20-16-12-8-4)71-91-78(83)65-61-57-53-49-45-41-31-27-23-19-15-11-7-3/h9,13,21,25,33,35,37-38,43,46,54,58,75-77,82H,5-8,10-12,14-20,22-24,26-32,34,36,39-42,44-45,47-53,55-57,59-74H2,1-4H3,(H,87,88)(H,89,90)/b13-9-,25-21-,35-33-,38-37-,46-43-,58-54-. The molecule has 0 aliphatic heterocycles. The average molecular weight is 1450 g/mol. The van der Waals surface area contributed by atoms with Crippen molar-refractivity contribution in [3.05, 3.63) is 72.9 Å². The number of carbonyl (C=O) groups excluding carboxylic acids is 4. The van der Waals surface area contributed by atoms with E-state index in [9.17, 15) is 43.2 Å². The molecule has 0 spiro atoms. The van der Waals surface area contributed by atoms with Gasteiger partial charge in [0.2, 0.25) is 0 Å². The lowest BCUT2D eigenvalue weighted by atomic mass is 10.0. The van der Waals surface area contributed by atoms with E-state index in [1.54, 1.807) is 0 Å². The quantitative estimate of drug-likeness (QED) is 0.0169. The number of phosphoric acid groups is 2. The fourth-order valence-electron chi connectivity index (χ4n) is 11.1. The minimum absolute atomic E-state index is 0.0405. The van der Waals surface area contributed by atoms with Gasteiger partial charge in [-0.25, -0.2) is 9.13 Å². The molecule has 0 amide bonds. The molecule has 5 unspecified atom stereocenters. The molecule has 0 saturated carbocycles. The zero-order valence-electron chi connectivity index (χ0n) is 63.6. The maximum atomic E-state index is 13.1. The van der Waals surface area contributed by atoms with Gasteiger partial charge >= 0.3 is 39.5 Å². The minimum atomic E-state index is -4.98. The van der Waals surface area contributed by atoms with Crippen LogP contribution in [0.5, 0.6) is 0 Å². The molecule has 0 aliphatic carbocycles. The summed E-state index contributed by atoms with van der Waals surface area (Å²) >= 11 is 0. The van der Waals surface area contributed by atoms with E-state index in [0.717, 1.165) is 103 Å². The lowest BCUT2D eigenvalue weighted by Gasteiger charge is -2.21. The first-order chi connectivity index (χ1) is 48.7. The van der Waals surface area contributed by atoms with E-state index in [1.165, 1.54) is 173 Å². The molecule has 19 heteroatoms. The van der Waals surface area contributed by atoms with Gasteiger partial charge in [0.1, 0.15) is 19.3 Å². The van der Waals surface area contributed by atoms with E-state index in [-0.39, 0.29) is 25.7 Å². The fraction of sp³-hybridized carbons (Fsp3) is 0.802. The van der Waals surface area contributed by atoms with E-state index in [1.807, 2.05) is 12.2 Å². The van der Waals surface area contributed by atoms with Crippen LogP contribution in [0.3, 0.4) is 0 Å². The Hall–Kier alpha value is -3.50. The minimum Gasteiger partial charge on any atom is -0.462 e. The first-order valence-corrected chi connectivity index (χ1v) is 43.2. The van der Waals surface area contributed by atoms with Crippen molar-refractivity contribution in [1.82, 2.24) is 0 Å². The summed E-state index contributed by atoms with van der Waals surface area (Å²) in [6.45, 7) is 4.75. The number of carbonyl (C=O) groups is 4. The van der Waals surface area contributed by atoms with E-state index < -0.39 is 97.5 Å². The summed E-state index contributed by atoms with van der Waals surface area (Å²) in [4.78, 5) is 72.9. The third kappa shape index (κ3) is 72.8. The molecule has 100 heavy (non-hydrogen) atoms. The highest BCUT2D eigenvalue weighted by molar-refractivity contribution is 7.47. The maximum absolute atomic E-state index is 13.1. The predicted octanol–water partition coefficient (Wildman–Crippen LogP) is 23.2. The van der Waals surface area contributed by atoms with Crippen LogP contribution in [0.4, 0.5) is 0 Å². The number of hydrogen-bond donors (Lipinski definition) is 3. The highest BCUT2D eigenvalue weighted by atomic mass is 31.2. The molecule has 3 N–H and O–H groups in total. The van der Waals surface area contributed by atoms with Crippen LogP contribution in [0.25, 0.3) is 0 Å². The molecule has 0 aromatic rings. The average Bonchev–Trinajstić information content (AvgIpc) is 0.946. The predicted molar refractivity (Wildman–Crippen MR) is 409 cm³/mol. The smallest absolute Gasteiger partial charge is 0.462 e. The number of aliphatic hydroxyl groups excluding tert-OH is 1. The van der Waals surface area contributed by atoms with Gasteiger partial charge in [-0.05, 0) is 64.2 Å². The zero-order chi connectivity index (χ0) is 73.2. The molecule has 0 bridgehead atoms. The molecule has 0 aromatic heterocycles. The van der Waals surface area contributed by atoms with Gasteiger partial charge in [-0.3, -0.25) is 37.3 Å². The number of unbranched alkanes of at least 4 members (excludes halogenated alkanes) is 38. The van der Waals surface area contributed by atoms with Crippen molar-refractivity contribution in [3.63, 3.8) is 0 Å². The molecule has 0 fully saturated rings. The topological polar surface area (TPSA) is 237 Å². The molecule has 17 nitrogen and oxygen atoms in total. The Bertz CT molecular complexity index is 2180. The summed E-state index contributed by atoms with van der Waals surface area (Å²) in [5, 5.41) is 10.6. The molecule has 582 valence electrons. The van der Waals surface area contributed by atoms with Gasteiger partial charge in [0.25, 0.3) is 0 Å². The summed E-state index contributed by atoms with van der Waals surface area (Å²) in [5.41, 5.74) is 0. The summed E-state index contributed by atoms with van der Waals surface area (Å²) in [6, 6.07) is 0. The lowest BCUT2D eigenvalue weighted by Crippen LogP contribution is -2.30. The largest absolute Gasteiger partial charge is 0.472 e. The number of ether oxygens (including phenoxy) is 4. The second kappa shape index (κ2) is 73.8. The van der Waals surface area contributed by atoms with Crippen molar-refractivity contribution in [2.45, 2.75) is 380 Å². The molecule has 0 saturated heterocycles. The SMILES string of the molecule is CC/C=C\C/C=C\C/C=C\C/C=C\C/C=C\C/C=C\CCC(=O)OCC(COP(=O)(O)OCC(O)COP(=O)(O)OCC(COC(=O)CCCCCCCCCCCCCCC)OC(=O)CCCCCCCCCCCCCCC)OC(=O)CCCCCCCCCCCCCCCCC. The van der Waals surface area contributed by atoms with E-state index in [4.69, 9.17) is 37.0 Å². The first kappa shape index (κ1) is 96.5. The second-order valence-corrected chi connectivity index (χ2v) is 29.9. The van der Waals surface area contributed by atoms with Gasteiger partial charge in [-0.15, -0.1) is 0 Å². The number of esters is 4. The normalized spacial score (nSPS) is 14.3. The Morgan fingerprint density at radius 3 is 0.800 bits per heavy atom. The van der Waals surface area contributed by atoms with Gasteiger partial charge in [0.15, 0.2) is 12.2 Å². The summed E-state index contributed by atoms with van der Waals surface area (Å²) in [6.07, 6.45) is 74.6. The molecular formula is C81H146O17P2. The summed E-state index contributed by atoms with van der Waals surface area (Å²) < 4.78 is 68.5. The third-order valence-electron chi connectivity index (χ3n) is 17.2. The highest BCUT2D eigenvalue weighted by Crippen LogP contribution is 2.45. The van der Waals surface area contributed by atoms with Crippen LogP contribution in [0.2, 0.25) is 0 Å². The van der Waals surface area contributed by atoms with Crippen molar-refractivity contribution < 1.29 is 80.2 Å². The number of aliphatic hydroxyl groups is 1. The zero-order valence-corrected chi connectivity index (χ0v) is 65.4. The Balaban J connectivity index is 5.37. The molecule has 5 atom stereocenters. The van der Waals surface area contributed by atoms with Crippen LogP contribution < -0.4 is 0 Å². The first-order valence-electron chi connectivity index (χ1n) is 40.2. The van der Waals surface area contributed by atoms with E-state index >= 15 is 0 Å². The second-order valence-electron chi connectivity index (χ2n) is 27.0. The number of phosphoric ester groups is 2. The van der Waals surface area contributed by atoms with Crippen LogP contribution in [0.1, 0.15) is 362 Å². The van der Waals surface area contributed by atoms with Crippen LogP contribution in [0, 0.1) is 0 Å². The Morgan fingerprint density at radius 1 is 0.290 bits per heavy atom. The molecule has 0 aliphatic rings. The Kier molecular flexibility index (Phi) is 71.2. The molecule has 0 heterocycles. The number of allylic oxidation sites excluding steroid dienone is 12. The van der Waals surface area contributed by atoms with Gasteiger partial charge < -0.3 is 33.8 Å². The van der Waals surface area contributed by atoms with Crippen LogP contribution >= 0.6 is 15.6 Å². The van der Waals surface area contributed by atoms with Crippen molar-refractivity contribution in [1.29, 1.82) is 0 Å². The van der Waals surface area contributed by atoms with E-state index in [2.05, 4.69) is 88.5 Å². The highest BCUT2D eigenvalue weighted by Gasteiger charge is 2.30. The van der Waals surface area contributed by atoms with Gasteiger partial charge in [-0.2, -0.15) is 0 Å². The van der Waals surface area contributed by atoms with Gasteiger partial charge in [0.05, 0.1) is 26.4 Å². The van der Waals surface area contributed by atoms with Gasteiger partial charge in [0, 0.05) is 25.7 Å². The van der Waals surface area contributed by atoms with Crippen molar-refractivity contribution in [2.75, 3.05) is 39.6 Å². The molecule has 0 aromatic carbocycles. The van der Waals surface area contributed by atoms with Crippen LogP contribution in [0.15, 0.2) is 72.9 Å². The fourth-order valence-corrected chi connectivity index (χ4v) is 12.7. The lowest BCUT2D eigenvalue weighted by molar-refractivity contribution is -0.161. The third-order valence-corrected chi connectivity index (χ3v) is 19.1. The number of rotatable bonds is 76. The van der Waals surface area contributed by atoms with Crippen LogP contribution in [-0.2, 0) is 65.4 Å². The molecule has 0 radical (unpaired) electrons. The Labute approximate surface area is 609 Å². The maximum Gasteiger partial charge on any atom is 0.472 e. The van der Waals surface area contributed by atoms with E-state index in [0.29, 0.717) is 32.1 Å². The molecular weight excluding hydrogens is 1310 g/mol. The van der Waals surface area contributed by atoms with Crippen LogP contribution in [-0.4, -0.2) is 96.7 Å². The molecule has 0 rings (SSSR count). The Morgan fingerprint density at radius 2 is 0.520 bits per heavy atom. The number of hydrogen-bond acceptors (Lipinski definition) is 15. The van der Waals surface area contributed by atoms with Crippen molar-refractivity contribution >= 4 is 39.5 Å². The summed E-state index contributed by atoms with van der Waals surface area (Å²) in [7, 11) is -9.95. The van der Waals surface area contributed by atoms with Crippen molar-refractivity contribution in [2.24, 2.45) is 0 Å². The monoisotopic (exact) mass is 1450 g/mol. The summed E-state index contributed by atoms with van der Waals surface area (Å²) in [5.74, 6) is -2.23. The van der Waals surface area contributed by atoms with Crippen molar-refractivity contribution in [3.8, 4) is 0 Å². The van der Waals surface area contributed by atoms with Gasteiger partial charge in [-0.1, -0.05) is 345 Å².